The van der Waals surface area contributed by atoms with E-state index in [1.54, 1.807) is 12.3 Å². The Morgan fingerprint density at radius 3 is 2.64 bits per heavy atom. The first-order chi connectivity index (χ1) is 21.3. The van der Waals surface area contributed by atoms with Crippen LogP contribution in [0.2, 0.25) is 0 Å². The number of fused-ring (bicyclic) bond motifs is 5. The molecule has 8 heteroatoms. The number of hydrogen-bond donors (Lipinski definition) is 1. The molecule has 44 heavy (non-hydrogen) atoms. The number of halogens is 1. The lowest BCUT2D eigenvalue weighted by atomic mass is 9.74. The Bertz CT molecular complexity index is 1840. The van der Waals surface area contributed by atoms with Crippen LogP contribution >= 0.6 is 0 Å². The second kappa shape index (κ2) is 9.97. The van der Waals surface area contributed by atoms with Crippen molar-refractivity contribution < 1.29 is 19.0 Å². The van der Waals surface area contributed by atoms with E-state index in [0.29, 0.717) is 11.4 Å². The van der Waals surface area contributed by atoms with E-state index in [1.807, 2.05) is 26.0 Å². The van der Waals surface area contributed by atoms with E-state index >= 15 is 0 Å². The van der Waals surface area contributed by atoms with Crippen LogP contribution in [-0.4, -0.2) is 39.1 Å². The number of aromatic nitrogens is 3. The molecule has 2 aromatic carbocycles. The molecule has 2 fully saturated rings. The number of anilines is 1. The minimum atomic E-state index is -0.736. The molecule has 0 radical (unpaired) electrons. The zero-order chi connectivity index (χ0) is 30.2. The summed E-state index contributed by atoms with van der Waals surface area (Å²) >= 11 is 0. The van der Waals surface area contributed by atoms with Crippen molar-refractivity contribution in [2.45, 2.75) is 51.0 Å². The molecule has 1 saturated carbocycles. The third-order valence-corrected chi connectivity index (χ3v) is 10.3. The summed E-state index contributed by atoms with van der Waals surface area (Å²) in [5.41, 5.74) is 8.82. The van der Waals surface area contributed by atoms with Gasteiger partial charge < -0.3 is 14.7 Å². The van der Waals surface area contributed by atoms with Gasteiger partial charge in [0.1, 0.15) is 12.4 Å². The Hall–Kier alpha value is -4.59. The number of carboxylic acid groups (broad SMARTS) is 1. The molecule has 8 rings (SSSR count). The molecule has 7 nitrogen and oxygen atoms in total. The van der Waals surface area contributed by atoms with Gasteiger partial charge in [0.25, 0.3) is 0 Å². The van der Waals surface area contributed by atoms with Crippen molar-refractivity contribution in [3.8, 4) is 17.0 Å². The number of aliphatic carboxylic acids is 1. The molecular weight excluding hydrogens is 555 g/mol. The fraction of sp³-hybridized carbons (Fsp3) is 0.333. The average molecular weight is 589 g/mol. The zero-order valence-electron chi connectivity index (χ0n) is 24.8. The highest BCUT2D eigenvalue weighted by molar-refractivity contribution is 5.78. The Morgan fingerprint density at radius 1 is 1.09 bits per heavy atom. The summed E-state index contributed by atoms with van der Waals surface area (Å²) in [5.74, 6) is 0.000351. The fourth-order valence-corrected chi connectivity index (χ4v) is 7.91. The first kappa shape index (κ1) is 27.0. The van der Waals surface area contributed by atoms with Crippen LogP contribution in [0.15, 0.2) is 60.8 Å². The van der Waals surface area contributed by atoms with Crippen LogP contribution in [0.1, 0.15) is 58.0 Å². The number of aryl methyl sites for hydroxylation is 2. The first-order valence-electron chi connectivity index (χ1n) is 15.3. The maximum absolute atomic E-state index is 14.9. The van der Waals surface area contributed by atoms with Gasteiger partial charge in [-0.3, -0.25) is 4.79 Å². The predicted molar refractivity (Wildman–Crippen MR) is 165 cm³/mol. The molecule has 1 saturated heterocycles. The molecule has 3 aliphatic carbocycles. The van der Waals surface area contributed by atoms with Crippen LogP contribution in [0, 0.1) is 31.5 Å². The summed E-state index contributed by atoms with van der Waals surface area (Å²) in [6.07, 6.45) is 9.13. The van der Waals surface area contributed by atoms with E-state index in [1.165, 1.54) is 17.2 Å². The van der Waals surface area contributed by atoms with Gasteiger partial charge in [0.2, 0.25) is 11.8 Å². The van der Waals surface area contributed by atoms with Crippen molar-refractivity contribution in [1.82, 2.24) is 15.0 Å². The summed E-state index contributed by atoms with van der Waals surface area (Å²) in [6.45, 7) is 5.77. The molecule has 3 heterocycles. The molecule has 1 N–H and O–H groups in total. The highest BCUT2D eigenvalue weighted by atomic mass is 19.1. The van der Waals surface area contributed by atoms with Crippen molar-refractivity contribution in [3.63, 3.8) is 0 Å². The van der Waals surface area contributed by atoms with Crippen molar-refractivity contribution in [2.75, 3.05) is 18.0 Å². The lowest BCUT2D eigenvalue weighted by Gasteiger charge is -2.39. The normalized spacial score (nSPS) is 22.1. The molecule has 4 aromatic rings. The standard InChI is InChI=1S/C36H33FN4O3/c1-20-31(21(2)40-35(39-20)41-13-11-36(12-14-41)10-9-22-5-3-4-6-28(22)36)23-7-8-29(37)25(15-23)19-44-30-17-24-16-26-32(27(24)18-38-30)33(26)34(42)43/h3-10,15,17-18,26,32-33H,11-14,16,19H2,1-2H3,(H,42,43). The molecule has 0 amide bonds. The second-order valence-electron chi connectivity index (χ2n) is 12.7. The number of nitrogens with zero attached hydrogens (tertiary/aromatic N) is 4. The van der Waals surface area contributed by atoms with Crippen molar-refractivity contribution >= 4 is 18.0 Å². The Balaban J connectivity index is 0.973. The fourth-order valence-electron chi connectivity index (χ4n) is 7.91. The Morgan fingerprint density at radius 2 is 1.86 bits per heavy atom. The van der Waals surface area contributed by atoms with Gasteiger partial charge in [0, 0.05) is 47.8 Å². The third kappa shape index (κ3) is 4.30. The van der Waals surface area contributed by atoms with Crippen molar-refractivity contribution in [3.05, 3.63) is 106 Å². The van der Waals surface area contributed by atoms with Gasteiger partial charge in [-0.05, 0) is 79.0 Å². The van der Waals surface area contributed by atoms with E-state index in [4.69, 9.17) is 14.7 Å². The number of carboxylic acids is 1. The monoisotopic (exact) mass is 588 g/mol. The van der Waals surface area contributed by atoms with Crippen LogP contribution in [-0.2, 0) is 23.2 Å². The Labute approximate surface area is 255 Å². The minimum Gasteiger partial charge on any atom is -0.481 e. The van der Waals surface area contributed by atoms with Gasteiger partial charge in [0.05, 0.1) is 17.3 Å². The molecule has 222 valence electrons. The van der Waals surface area contributed by atoms with Crippen molar-refractivity contribution in [2.24, 2.45) is 11.8 Å². The molecule has 3 atom stereocenters. The van der Waals surface area contributed by atoms with Gasteiger partial charge >= 0.3 is 5.97 Å². The number of rotatable bonds is 6. The molecule has 2 aromatic heterocycles. The summed E-state index contributed by atoms with van der Waals surface area (Å²) in [6, 6.07) is 15.6. The van der Waals surface area contributed by atoms with Gasteiger partial charge in [0.15, 0.2) is 0 Å². The summed E-state index contributed by atoms with van der Waals surface area (Å²) < 4.78 is 20.8. The molecule has 0 bridgehead atoms. The SMILES string of the molecule is Cc1nc(N2CCC3(C=Cc4ccccc43)CC2)nc(C)c1-c1ccc(F)c(COc2cc3c(cn2)C2C(C3)C2C(=O)O)c1. The van der Waals surface area contributed by atoms with E-state index in [9.17, 15) is 14.3 Å². The predicted octanol–water partition coefficient (Wildman–Crippen LogP) is 6.41. The minimum absolute atomic E-state index is 0.0280. The Kier molecular flexibility index (Phi) is 6.12. The van der Waals surface area contributed by atoms with Crippen molar-refractivity contribution in [1.29, 1.82) is 0 Å². The summed E-state index contributed by atoms with van der Waals surface area (Å²) in [7, 11) is 0. The molecule has 1 aliphatic heterocycles. The van der Waals surface area contributed by atoms with Crippen LogP contribution in [0.25, 0.3) is 17.2 Å². The van der Waals surface area contributed by atoms with Gasteiger partial charge in [-0.1, -0.05) is 42.5 Å². The maximum atomic E-state index is 14.9. The third-order valence-electron chi connectivity index (χ3n) is 10.3. The highest BCUT2D eigenvalue weighted by Crippen LogP contribution is 2.61. The highest BCUT2D eigenvalue weighted by Gasteiger charge is 2.60. The summed E-state index contributed by atoms with van der Waals surface area (Å²) in [5, 5.41) is 9.36. The lowest BCUT2D eigenvalue weighted by molar-refractivity contribution is -0.139. The number of benzene rings is 2. The number of ether oxygens (including phenoxy) is 1. The van der Waals surface area contributed by atoms with E-state index in [-0.39, 0.29) is 35.6 Å². The number of hydrogen-bond acceptors (Lipinski definition) is 6. The van der Waals surface area contributed by atoms with E-state index in [0.717, 1.165) is 71.9 Å². The first-order valence-corrected chi connectivity index (χ1v) is 15.3. The molecule has 4 aliphatic rings. The van der Waals surface area contributed by atoms with Gasteiger partial charge in [-0.25, -0.2) is 19.3 Å². The van der Waals surface area contributed by atoms with Crippen LogP contribution in [0.5, 0.6) is 5.88 Å². The van der Waals surface area contributed by atoms with Crippen LogP contribution in [0.4, 0.5) is 10.3 Å². The molecule has 1 spiro atoms. The van der Waals surface area contributed by atoms with Crippen LogP contribution < -0.4 is 9.64 Å². The molecule has 3 unspecified atom stereocenters. The largest absolute Gasteiger partial charge is 0.481 e. The summed E-state index contributed by atoms with van der Waals surface area (Å²) in [4.78, 5) is 27.9. The zero-order valence-corrected chi connectivity index (χ0v) is 24.8. The number of allylic oxidation sites excluding steroid dienone is 1. The maximum Gasteiger partial charge on any atom is 0.307 e. The number of pyridine rings is 1. The van der Waals surface area contributed by atoms with Gasteiger partial charge in [-0.2, -0.15) is 0 Å². The number of carbonyl (C=O) groups is 1. The topological polar surface area (TPSA) is 88.4 Å². The smallest absolute Gasteiger partial charge is 0.307 e. The molecular formula is C36H33FN4O3. The van der Waals surface area contributed by atoms with E-state index < -0.39 is 5.97 Å². The van der Waals surface area contributed by atoms with Crippen LogP contribution in [0.3, 0.4) is 0 Å². The van der Waals surface area contributed by atoms with E-state index in [2.05, 4.69) is 46.3 Å². The lowest BCUT2D eigenvalue weighted by Crippen LogP contribution is -2.42. The number of piperidine rings is 1. The second-order valence-corrected chi connectivity index (χ2v) is 12.7. The average Bonchev–Trinajstić information content (AvgIpc) is 3.45. The quantitative estimate of drug-likeness (QED) is 0.279. The van der Waals surface area contributed by atoms with Gasteiger partial charge in [-0.15, -0.1) is 0 Å².